The molecule has 0 atom stereocenters. The highest BCUT2D eigenvalue weighted by Crippen LogP contribution is 2.45. The monoisotopic (exact) mass is 568 g/mol. The summed E-state index contributed by atoms with van der Waals surface area (Å²) in [5, 5.41) is 22.3. The van der Waals surface area contributed by atoms with Gasteiger partial charge >= 0.3 is 0 Å². The second-order valence-electron chi connectivity index (χ2n) is 12.1. The zero-order chi connectivity index (χ0) is 29.6. The van der Waals surface area contributed by atoms with Crippen LogP contribution in [0.15, 0.2) is 146 Å². The van der Waals surface area contributed by atoms with Crippen molar-refractivity contribution in [3.05, 3.63) is 151 Å². The second kappa shape index (κ2) is 8.92. The summed E-state index contributed by atoms with van der Waals surface area (Å²) in [6, 6.07) is 54.9. The molecule has 0 N–H and O–H groups in total. The minimum absolute atomic E-state index is 0.674. The van der Waals surface area contributed by atoms with Crippen molar-refractivity contribution in [1.82, 2.24) is 4.57 Å². The fraction of sp³-hybridized carbons (Fsp3) is 0. The SMILES string of the molecule is N#Cc1cc2ccc3cc(-c4ccc5ccc6c(-c7ccccc7)ccc7ccc4c5c76)cc4c3c2c(c1)n4-c1ccccc1. The Morgan fingerprint density at radius 2 is 0.956 bits per heavy atom. The second-order valence-corrected chi connectivity index (χ2v) is 12.1. The van der Waals surface area contributed by atoms with Gasteiger partial charge in [-0.15, -0.1) is 0 Å². The third-order valence-electron chi connectivity index (χ3n) is 9.67. The molecule has 0 saturated heterocycles. The van der Waals surface area contributed by atoms with Crippen molar-refractivity contribution in [2.24, 2.45) is 0 Å². The molecule has 1 heterocycles. The molecule has 0 spiro atoms. The Balaban J connectivity index is 1.31. The van der Waals surface area contributed by atoms with Crippen LogP contribution in [0, 0.1) is 11.3 Å². The summed E-state index contributed by atoms with van der Waals surface area (Å²) in [6.45, 7) is 0. The maximum atomic E-state index is 9.88. The molecule has 0 amide bonds. The number of hydrogen-bond acceptors (Lipinski definition) is 1. The van der Waals surface area contributed by atoms with Crippen LogP contribution >= 0.6 is 0 Å². The van der Waals surface area contributed by atoms with Crippen LogP contribution in [0.3, 0.4) is 0 Å². The van der Waals surface area contributed by atoms with E-state index in [9.17, 15) is 5.26 Å². The molecule has 2 heteroatoms. The van der Waals surface area contributed by atoms with Gasteiger partial charge in [0.15, 0.2) is 0 Å². The van der Waals surface area contributed by atoms with Crippen LogP contribution in [0.25, 0.3) is 92.8 Å². The van der Waals surface area contributed by atoms with Gasteiger partial charge in [0.1, 0.15) is 0 Å². The average Bonchev–Trinajstić information content (AvgIpc) is 3.44. The normalized spacial score (nSPS) is 12.0. The van der Waals surface area contributed by atoms with E-state index in [0.717, 1.165) is 22.1 Å². The molecule has 0 unspecified atom stereocenters. The van der Waals surface area contributed by atoms with E-state index in [2.05, 4.69) is 138 Å². The van der Waals surface area contributed by atoms with Gasteiger partial charge in [-0.3, -0.25) is 0 Å². The molecular weight excluding hydrogens is 544 g/mol. The Labute approximate surface area is 259 Å². The van der Waals surface area contributed by atoms with Crippen LogP contribution in [-0.4, -0.2) is 4.57 Å². The summed E-state index contributed by atoms with van der Waals surface area (Å²) in [6.07, 6.45) is 0. The highest BCUT2D eigenvalue weighted by Gasteiger charge is 2.20. The number of aromatic nitrogens is 1. The summed E-state index contributed by atoms with van der Waals surface area (Å²) >= 11 is 0. The third-order valence-corrected chi connectivity index (χ3v) is 9.67. The van der Waals surface area contributed by atoms with E-state index in [-0.39, 0.29) is 0 Å². The molecule has 10 rings (SSSR count). The van der Waals surface area contributed by atoms with Crippen molar-refractivity contribution in [3.63, 3.8) is 0 Å². The number of rotatable bonds is 3. The van der Waals surface area contributed by atoms with Gasteiger partial charge in [0.2, 0.25) is 0 Å². The first-order valence-electron chi connectivity index (χ1n) is 15.3. The van der Waals surface area contributed by atoms with Gasteiger partial charge in [0, 0.05) is 16.5 Å². The van der Waals surface area contributed by atoms with Crippen LogP contribution in [0.2, 0.25) is 0 Å². The van der Waals surface area contributed by atoms with Crippen molar-refractivity contribution in [2.45, 2.75) is 0 Å². The molecule has 0 radical (unpaired) electrons. The topological polar surface area (TPSA) is 28.7 Å². The van der Waals surface area contributed by atoms with Crippen LogP contribution in [0.1, 0.15) is 5.56 Å². The van der Waals surface area contributed by atoms with Crippen molar-refractivity contribution in [3.8, 4) is 34.0 Å². The minimum Gasteiger partial charge on any atom is -0.309 e. The lowest BCUT2D eigenvalue weighted by atomic mass is 9.87. The van der Waals surface area contributed by atoms with E-state index in [4.69, 9.17) is 0 Å². The number of para-hydroxylation sites is 1. The van der Waals surface area contributed by atoms with Crippen LogP contribution in [0.4, 0.5) is 0 Å². The quantitative estimate of drug-likeness (QED) is 0.195. The molecule has 45 heavy (non-hydrogen) atoms. The Bertz CT molecular complexity index is 2800. The summed E-state index contributed by atoms with van der Waals surface area (Å²) < 4.78 is 2.33. The number of nitriles is 1. The molecule has 0 saturated carbocycles. The Morgan fingerprint density at radius 1 is 0.422 bits per heavy atom. The van der Waals surface area contributed by atoms with Crippen molar-refractivity contribution < 1.29 is 0 Å². The maximum Gasteiger partial charge on any atom is 0.0992 e. The fourth-order valence-corrected chi connectivity index (χ4v) is 7.76. The Hall–Kier alpha value is -6.17. The van der Waals surface area contributed by atoms with E-state index in [1.165, 1.54) is 70.7 Å². The van der Waals surface area contributed by atoms with E-state index in [1.54, 1.807) is 0 Å². The molecule has 2 nitrogen and oxygen atoms in total. The van der Waals surface area contributed by atoms with E-state index in [1.807, 2.05) is 18.2 Å². The zero-order valence-electron chi connectivity index (χ0n) is 24.3. The van der Waals surface area contributed by atoms with Crippen LogP contribution in [0.5, 0.6) is 0 Å². The third kappa shape index (κ3) is 3.33. The lowest BCUT2D eigenvalue weighted by Crippen LogP contribution is -1.94. The first-order chi connectivity index (χ1) is 22.3. The van der Waals surface area contributed by atoms with E-state index in [0.29, 0.717) is 5.56 Å². The molecule has 0 aliphatic heterocycles. The van der Waals surface area contributed by atoms with E-state index < -0.39 is 0 Å². The molecular formula is C43H24N2. The van der Waals surface area contributed by atoms with Crippen molar-refractivity contribution in [2.75, 3.05) is 0 Å². The predicted octanol–water partition coefficient (Wildman–Crippen LogP) is 11.5. The van der Waals surface area contributed by atoms with Gasteiger partial charge in [-0.2, -0.15) is 5.26 Å². The number of nitrogens with zero attached hydrogens (tertiary/aromatic N) is 2. The molecule has 0 aliphatic carbocycles. The summed E-state index contributed by atoms with van der Waals surface area (Å²) in [5.74, 6) is 0. The van der Waals surface area contributed by atoms with Crippen LogP contribution in [-0.2, 0) is 0 Å². The zero-order valence-corrected chi connectivity index (χ0v) is 24.3. The van der Waals surface area contributed by atoms with Gasteiger partial charge in [0.25, 0.3) is 0 Å². The maximum absolute atomic E-state index is 9.88. The Kier molecular flexibility index (Phi) is 4.82. The molecule has 0 fully saturated rings. The highest BCUT2D eigenvalue weighted by atomic mass is 15.0. The van der Waals surface area contributed by atoms with Gasteiger partial charge in [-0.25, -0.2) is 0 Å². The fourth-order valence-electron chi connectivity index (χ4n) is 7.76. The van der Waals surface area contributed by atoms with Crippen molar-refractivity contribution >= 4 is 64.9 Å². The first-order valence-corrected chi connectivity index (χ1v) is 15.3. The smallest absolute Gasteiger partial charge is 0.0992 e. The van der Waals surface area contributed by atoms with Crippen LogP contribution < -0.4 is 0 Å². The van der Waals surface area contributed by atoms with Gasteiger partial charge in [-0.05, 0) is 102 Å². The summed E-state index contributed by atoms with van der Waals surface area (Å²) in [5.41, 5.74) is 8.89. The molecule has 10 aromatic rings. The summed E-state index contributed by atoms with van der Waals surface area (Å²) in [4.78, 5) is 0. The first kappa shape index (κ1) is 24.3. The Morgan fingerprint density at radius 3 is 1.60 bits per heavy atom. The predicted molar refractivity (Wildman–Crippen MR) is 189 cm³/mol. The average molecular weight is 569 g/mol. The molecule has 0 bridgehead atoms. The van der Waals surface area contributed by atoms with Gasteiger partial charge in [0.05, 0.1) is 22.7 Å². The minimum atomic E-state index is 0.674. The molecule has 0 aliphatic rings. The van der Waals surface area contributed by atoms with Gasteiger partial charge in [-0.1, -0.05) is 109 Å². The molecule has 9 aromatic carbocycles. The lowest BCUT2D eigenvalue weighted by molar-refractivity contribution is 1.18. The number of benzene rings is 9. The standard InChI is InChI=1S/C43H24N2/c44-25-26-21-30-11-12-31-23-32(24-39-43(31)42(30)38(22-26)45(39)33-9-5-2-6-10-33)35-18-14-29-15-19-36-34(27-7-3-1-4-8-27)17-13-28-16-20-37(35)41(29)40(28)36/h1-24H. The molecule has 206 valence electrons. The summed E-state index contributed by atoms with van der Waals surface area (Å²) in [7, 11) is 0. The molecule has 1 aromatic heterocycles. The van der Waals surface area contributed by atoms with E-state index >= 15 is 0 Å². The van der Waals surface area contributed by atoms with Gasteiger partial charge < -0.3 is 4.57 Å². The lowest BCUT2D eigenvalue weighted by Gasteiger charge is -2.17. The highest BCUT2D eigenvalue weighted by molar-refractivity contribution is 6.29. The largest absolute Gasteiger partial charge is 0.309 e. The van der Waals surface area contributed by atoms with Crippen molar-refractivity contribution in [1.29, 1.82) is 5.26 Å². The number of hydrogen-bond donors (Lipinski definition) is 0.